The van der Waals surface area contributed by atoms with Gasteiger partial charge in [0.25, 0.3) is 5.56 Å². The predicted octanol–water partition coefficient (Wildman–Crippen LogP) is 0.933. The lowest BCUT2D eigenvalue weighted by Crippen LogP contribution is -2.20. The summed E-state index contributed by atoms with van der Waals surface area (Å²) in [5.74, 6) is 0.392. The van der Waals surface area contributed by atoms with E-state index in [9.17, 15) is 4.79 Å². The maximum atomic E-state index is 11.1. The molecule has 1 aromatic heterocycles. The van der Waals surface area contributed by atoms with E-state index in [1.807, 2.05) is 6.26 Å². The summed E-state index contributed by atoms with van der Waals surface area (Å²) in [7, 11) is 0. The molecular weight excluding hydrogens is 186 g/mol. The third kappa shape index (κ3) is 3.10. The van der Waals surface area contributed by atoms with E-state index in [0.717, 1.165) is 6.54 Å². The molecular formula is C8H13N3OS. The number of anilines is 1. The van der Waals surface area contributed by atoms with Crippen LogP contribution < -0.4 is 10.9 Å². The molecule has 4 nitrogen and oxygen atoms in total. The van der Waals surface area contributed by atoms with E-state index in [1.165, 1.54) is 6.20 Å². The van der Waals surface area contributed by atoms with Gasteiger partial charge in [0.15, 0.2) is 5.82 Å². The zero-order chi connectivity index (χ0) is 9.68. The van der Waals surface area contributed by atoms with Crippen molar-refractivity contribution in [2.75, 3.05) is 18.1 Å². The van der Waals surface area contributed by atoms with Gasteiger partial charge in [0, 0.05) is 24.2 Å². The Morgan fingerprint density at radius 2 is 2.54 bits per heavy atom. The van der Waals surface area contributed by atoms with E-state index in [2.05, 4.69) is 22.2 Å². The number of hydrogen-bond acceptors (Lipinski definition) is 4. The average Bonchev–Trinajstić information content (AvgIpc) is 2.16. The molecule has 5 heteroatoms. The maximum absolute atomic E-state index is 11.1. The van der Waals surface area contributed by atoms with E-state index in [4.69, 9.17) is 0 Å². The molecule has 72 valence electrons. The van der Waals surface area contributed by atoms with Crippen molar-refractivity contribution in [3.63, 3.8) is 0 Å². The topological polar surface area (TPSA) is 57.8 Å². The Morgan fingerprint density at radius 3 is 3.15 bits per heavy atom. The van der Waals surface area contributed by atoms with Crippen molar-refractivity contribution in [1.82, 2.24) is 9.97 Å². The van der Waals surface area contributed by atoms with Crippen LogP contribution in [0.4, 0.5) is 5.82 Å². The number of thioether (sulfide) groups is 1. The van der Waals surface area contributed by atoms with Crippen molar-refractivity contribution >= 4 is 17.6 Å². The van der Waals surface area contributed by atoms with Crippen LogP contribution in [0.25, 0.3) is 0 Å². The molecule has 0 spiro atoms. The van der Waals surface area contributed by atoms with Gasteiger partial charge in [-0.15, -0.1) is 0 Å². The third-order valence-corrected chi connectivity index (χ3v) is 2.64. The summed E-state index contributed by atoms with van der Waals surface area (Å²) in [6.45, 7) is 2.84. The monoisotopic (exact) mass is 199 g/mol. The van der Waals surface area contributed by atoms with Crippen LogP contribution in [0.1, 0.15) is 6.92 Å². The lowest BCUT2D eigenvalue weighted by molar-refractivity contribution is 0.977. The van der Waals surface area contributed by atoms with Crippen molar-refractivity contribution in [2.24, 2.45) is 0 Å². The van der Waals surface area contributed by atoms with Gasteiger partial charge >= 0.3 is 0 Å². The fourth-order valence-corrected chi connectivity index (χ4v) is 1.05. The highest BCUT2D eigenvalue weighted by molar-refractivity contribution is 7.99. The normalized spacial score (nSPS) is 12.5. The molecule has 13 heavy (non-hydrogen) atoms. The molecule has 1 unspecified atom stereocenters. The summed E-state index contributed by atoms with van der Waals surface area (Å²) in [5.41, 5.74) is -0.171. The molecule has 0 fully saturated rings. The lowest BCUT2D eigenvalue weighted by atomic mass is 10.4. The molecule has 1 rings (SSSR count). The molecule has 0 aliphatic heterocycles. The number of H-pyrrole nitrogens is 1. The van der Waals surface area contributed by atoms with Crippen LogP contribution >= 0.6 is 11.8 Å². The molecule has 0 aliphatic rings. The van der Waals surface area contributed by atoms with Gasteiger partial charge in [0.1, 0.15) is 0 Å². The van der Waals surface area contributed by atoms with Crippen LogP contribution in [0.5, 0.6) is 0 Å². The molecule has 0 bridgehead atoms. The molecule has 0 aromatic carbocycles. The van der Waals surface area contributed by atoms with Gasteiger partial charge in [-0.25, -0.2) is 4.98 Å². The minimum absolute atomic E-state index is 0.171. The molecule has 1 heterocycles. The summed E-state index contributed by atoms with van der Waals surface area (Å²) in [4.78, 5) is 17.6. The molecule has 1 aromatic rings. The number of nitrogens with zero attached hydrogens (tertiary/aromatic N) is 1. The first kappa shape index (κ1) is 10.1. The minimum atomic E-state index is -0.171. The molecule has 1 atom stereocenters. The summed E-state index contributed by atoms with van der Waals surface area (Å²) >= 11 is 1.75. The quantitative estimate of drug-likeness (QED) is 0.757. The molecule has 0 saturated carbocycles. The lowest BCUT2D eigenvalue weighted by Gasteiger charge is -2.08. The van der Waals surface area contributed by atoms with Gasteiger partial charge in [-0.3, -0.25) is 4.79 Å². The average molecular weight is 199 g/mol. The smallest absolute Gasteiger partial charge is 0.290 e. The van der Waals surface area contributed by atoms with Crippen molar-refractivity contribution in [1.29, 1.82) is 0 Å². The Balaban J connectivity index is 2.55. The number of aromatic amines is 1. The number of nitrogens with one attached hydrogen (secondary N) is 2. The Kier molecular flexibility index (Phi) is 3.82. The largest absolute Gasteiger partial charge is 0.364 e. The number of hydrogen-bond donors (Lipinski definition) is 2. The Hall–Kier alpha value is -0.970. The second kappa shape index (κ2) is 4.91. The molecule has 0 aliphatic carbocycles. The van der Waals surface area contributed by atoms with E-state index in [-0.39, 0.29) is 5.56 Å². The van der Waals surface area contributed by atoms with E-state index in [1.54, 1.807) is 18.0 Å². The Labute approximate surface area is 81.2 Å². The fraction of sp³-hybridized carbons (Fsp3) is 0.500. The fourth-order valence-electron chi connectivity index (χ4n) is 0.801. The van der Waals surface area contributed by atoms with Crippen LogP contribution in [0.2, 0.25) is 0 Å². The molecule has 0 saturated heterocycles. The second-order valence-electron chi connectivity index (χ2n) is 2.69. The van der Waals surface area contributed by atoms with Gasteiger partial charge in [-0.05, 0) is 6.26 Å². The zero-order valence-electron chi connectivity index (χ0n) is 7.70. The first-order valence-corrected chi connectivity index (χ1v) is 5.33. The number of rotatable bonds is 4. The summed E-state index contributed by atoms with van der Waals surface area (Å²) in [6.07, 6.45) is 5.12. The van der Waals surface area contributed by atoms with E-state index in [0.29, 0.717) is 11.1 Å². The van der Waals surface area contributed by atoms with Gasteiger partial charge in [-0.2, -0.15) is 11.8 Å². The van der Waals surface area contributed by atoms with Crippen molar-refractivity contribution < 1.29 is 0 Å². The highest BCUT2D eigenvalue weighted by Crippen LogP contribution is 2.04. The SMILES string of the molecule is CSC(C)CNc1ncc[nH]c1=O. The third-order valence-electron chi connectivity index (χ3n) is 1.67. The minimum Gasteiger partial charge on any atom is -0.364 e. The van der Waals surface area contributed by atoms with Crippen LogP contribution in [0.15, 0.2) is 17.2 Å². The van der Waals surface area contributed by atoms with Crippen LogP contribution in [0, 0.1) is 0 Å². The van der Waals surface area contributed by atoms with Gasteiger partial charge in [0.2, 0.25) is 0 Å². The molecule has 0 radical (unpaired) electrons. The Bertz CT molecular complexity index is 312. The first-order chi connectivity index (χ1) is 6.24. The van der Waals surface area contributed by atoms with Crippen molar-refractivity contribution in [3.05, 3.63) is 22.7 Å². The van der Waals surface area contributed by atoms with E-state index >= 15 is 0 Å². The highest BCUT2D eigenvalue weighted by Gasteiger charge is 2.01. The molecule has 0 amide bonds. The Morgan fingerprint density at radius 1 is 1.77 bits per heavy atom. The second-order valence-corrected chi connectivity index (χ2v) is 3.97. The van der Waals surface area contributed by atoms with Crippen LogP contribution in [0.3, 0.4) is 0 Å². The maximum Gasteiger partial charge on any atom is 0.290 e. The number of aromatic nitrogens is 2. The summed E-state index contributed by atoms with van der Waals surface area (Å²) < 4.78 is 0. The summed E-state index contributed by atoms with van der Waals surface area (Å²) in [6, 6.07) is 0. The van der Waals surface area contributed by atoms with Crippen LogP contribution in [-0.4, -0.2) is 28.0 Å². The van der Waals surface area contributed by atoms with E-state index < -0.39 is 0 Å². The van der Waals surface area contributed by atoms with Crippen molar-refractivity contribution in [2.45, 2.75) is 12.2 Å². The predicted molar refractivity (Wildman–Crippen MR) is 56.3 cm³/mol. The van der Waals surface area contributed by atoms with Crippen LogP contribution in [-0.2, 0) is 0 Å². The summed E-state index contributed by atoms with van der Waals surface area (Å²) in [5, 5.41) is 3.46. The standard InChI is InChI=1S/C8H13N3OS/c1-6(13-2)5-11-7-8(12)10-4-3-9-7/h3-4,6H,5H2,1-2H3,(H,9,11)(H,10,12). The van der Waals surface area contributed by atoms with Crippen molar-refractivity contribution in [3.8, 4) is 0 Å². The highest BCUT2D eigenvalue weighted by atomic mass is 32.2. The van der Waals surface area contributed by atoms with Gasteiger partial charge in [0.05, 0.1) is 0 Å². The van der Waals surface area contributed by atoms with Gasteiger partial charge < -0.3 is 10.3 Å². The molecule has 2 N–H and O–H groups in total. The van der Waals surface area contributed by atoms with Gasteiger partial charge in [-0.1, -0.05) is 6.92 Å². The first-order valence-electron chi connectivity index (χ1n) is 4.04. The zero-order valence-corrected chi connectivity index (χ0v) is 8.52.